The van der Waals surface area contributed by atoms with Gasteiger partial charge in [0.25, 0.3) is 0 Å². The number of carbonyl (C=O) groups excluding carboxylic acids is 1. The highest BCUT2D eigenvalue weighted by molar-refractivity contribution is 5.76. The number of para-hydroxylation sites is 2. The van der Waals surface area contributed by atoms with E-state index in [4.69, 9.17) is 9.15 Å². The molecule has 4 aromatic rings. The molecule has 134 valence electrons. The smallest absolute Gasteiger partial charge is 0.420 e. The Morgan fingerprint density at radius 3 is 2.30 bits per heavy atom. The molecule has 27 heavy (non-hydrogen) atoms. The van der Waals surface area contributed by atoms with E-state index in [1.165, 1.54) is 4.57 Å². The van der Waals surface area contributed by atoms with Gasteiger partial charge in [0.1, 0.15) is 13.2 Å². The van der Waals surface area contributed by atoms with Crippen molar-refractivity contribution >= 4 is 17.1 Å². The van der Waals surface area contributed by atoms with E-state index in [-0.39, 0.29) is 13.2 Å². The molecule has 0 N–H and O–H groups in total. The first-order valence-corrected chi connectivity index (χ1v) is 8.59. The molecule has 0 amide bonds. The molecule has 5 nitrogen and oxygen atoms in total. The zero-order chi connectivity index (χ0) is 18.6. The van der Waals surface area contributed by atoms with Crippen LogP contribution >= 0.6 is 0 Å². The molecule has 0 aliphatic heterocycles. The zero-order valence-electron chi connectivity index (χ0n) is 14.5. The van der Waals surface area contributed by atoms with Crippen LogP contribution in [0, 0.1) is 0 Å². The molecule has 0 radical (unpaired) electrons. The predicted molar refractivity (Wildman–Crippen MR) is 102 cm³/mol. The Bertz CT molecular complexity index is 1120. The highest BCUT2D eigenvalue weighted by Crippen LogP contribution is 2.19. The van der Waals surface area contributed by atoms with Gasteiger partial charge >= 0.3 is 11.7 Å². The van der Waals surface area contributed by atoms with Crippen LogP contribution in [0.25, 0.3) is 22.2 Å². The van der Waals surface area contributed by atoms with E-state index in [1.807, 2.05) is 54.6 Å². The highest BCUT2D eigenvalue weighted by Gasteiger charge is 2.13. The molecular weight excluding hydrogens is 342 g/mol. The van der Waals surface area contributed by atoms with Gasteiger partial charge in [-0.1, -0.05) is 66.7 Å². The molecule has 5 heteroatoms. The molecule has 0 saturated heterocycles. The maximum atomic E-state index is 12.1. The summed E-state index contributed by atoms with van der Waals surface area (Å²) in [6, 6.07) is 24.9. The molecule has 0 aliphatic carbocycles. The molecule has 0 saturated carbocycles. The van der Waals surface area contributed by atoms with Crippen molar-refractivity contribution in [2.24, 2.45) is 0 Å². The van der Waals surface area contributed by atoms with Crippen molar-refractivity contribution in [2.75, 3.05) is 0 Å². The summed E-state index contributed by atoms with van der Waals surface area (Å²) < 4.78 is 11.7. The largest absolute Gasteiger partial charge is 0.459 e. The van der Waals surface area contributed by atoms with E-state index in [9.17, 15) is 9.59 Å². The van der Waals surface area contributed by atoms with E-state index in [1.54, 1.807) is 24.3 Å². The van der Waals surface area contributed by atoms with Gasteiger partial charge in [0.2, 0.25) is 0 Å². The maximum absolute atomic E-state index is 12.1. The second-order valence-corrected chi connectivity index (χ2v) is 6.15. The summed E-state index contributed by atoms with van der Waals surface area (Å²) >= 11 is 0. The topological polar surface area (TPSA) is 61.4 Å². The molecule has 4 rings (SSSR count). The lowest BCUT2D eigenvalue weighted by molar-refractivity contribution is -0.145. The Morgan fingerprint density at radius 2 is 1.52 bits per heavy atom. The molecule has 3 aromatic carbocycles. The van der Waals surface area contributed by atoms with Crippen molar-refractivity contribution in [3.8, 4) is 11.1 Å². The summed E-state index contributed by atoms with van der Waals surface area (Å²) in [6.07, 6.45) is 0. The molecule has 0 unspecified atom stereocenters. The first-order valence-electron chi connectivity index (χ1n) is 8.59. The Morgan fingerprint density at radius 1 is 0.852 bits per heavy atom. The summed E-state index contributed by atoms with van der Waals surface area (Å²) in [5.74, 6) is -1.06. The fourth-order valence-electron chi connectivity index (χ4n) is 2.93. The van der Waals surface area contributed by atoms with E-state index < -0.39 is 11.7 Å². The van der Waals surface area contributed by atoms with Crippen molar-refractivity contribution in [1.29, 1.82) is 0 Å². The highest BCUT2D eigenvalue weighted by atomic mass is 16.5. The average Bonchev–Trinajstić information content (AvgIpc) is 3.03. The number of aromatic nitrogens is 1. The predicted octanol–water partition coefficient (Wildman–Crippen LogP) is 4.00. The molecule has 1 heterocycles. The van der Waals surface area contributed by atoms with Crippen LogP contribution in [0.4, 0.5) is 0 Å². The van der Waals surface area contributed by atoms with E-state index in [2.05, 4.69) is 0 Å². The molecular formula is C22H17NO4. The van der Waals surface area contributed by atoms with Crippen LogP contribution in [-0.4, -0.2) is 10.5 Å². The Kier molecular flexibility index (Phi) is 4.58. The Hall–Kier alpha value is -3.60. The Labute approximate surface area is 155 Å². The van der Waals surface area contributed by atoms with Gasteiger partial charge < -0.3 is 9.15 Å². The molecule has 0 aliphatic rings. The number of hydrogen-bond donors (Lipinski definition) is 0. The van der Waals surface area contributed by atoms with Crippen molar-refractivity contribution in [3.05, 3.63) is 95.0 Å². The number of rotatable bonds is 5. The molecule has 0 fully saturated rings. The van der Waals surface area contributed by atoms with Crippen molar-refractivity contribution in [2.45, 2.75) is 13.2 Å². The third-order valence-corrected chi connectivity index (χ3v) is 4.32. The molecule has 0 bridgehead atoms. The normalized spacial score (nSPS) is 10.8. The van der Waals surface area contributed by atoms with E-state index in [0.717, 1.165) is 16.7 Å². The third-order valence-electron chi connectivity index (χ3n) is 4.32. The fourth-order valence-corrected chi connectivity index (χ4v) is 2.93. The summed E-state index contributed by atoms with van der Waals surface area (Å²) in [7, 11) is 0. The van der Waals surface area contributed by atoms with Crippen LogP contribution in [0.15, 0.2) is 88.1 Å². The molecule has 1 aromatic heterocycles. The first-order chi connectivity index (χ1) is 13.2. The van der Waals surface area contributed by atoms with Crippen molar-refractivity contribution in [1.82, 2.24) is 4.57 Å². The number of oxazole rings is 1. The van der Waals surface area contributed by atoms with E-state index in [0.29, 0.717) is 11.1 Å². The van der Waals surface area contributed by atoms with Crippen LogP contribution < -0.4 is 5.76 Å². The van der Waals surface area contributed by atoms with Crippen LogP contribution in [0.5, 0.6) is 0 Å². The maximum Gasteiger partial charge on any atom is 0.420 e. The molecule has 0 spiro atoms. The van der Waals surface area contributed by atoms with Gasteiger partial charge in [-0.15, -0.1) is 0 Å². The number of nitrogens with zero attached hydrogens (tertiary/aromatic N) is 1. The van der Waals surface area contributed by atoms with Gasteiger partial charge in [-0.3, -0.25) is 9.36 Å². The Balaban J connectivity index is 1.40. The van der Waals surface area contributed by atoms with Gasteiger partial charge in [-0.2, -0.15) is 0 Å². The van der Waals surface area contributed by atoms with Crippen molar-refractivity contribution < 1.29 is 13.9 Å². The lowest BCUT2D eigenvalue weighted by atomic mass is 10.0. The number of ether oxygens (including phenoxy) is 1. The van der Waals surface area contributed by atoms with Gasteiger partial charge in [-0.25, -0.2) is 4.79 Å². The second kappa shape index (κ2) is 7.33. The lowest BCUT2D eigenvalue weighted by Gasteiger charge is -2.07. The van der Waals surface area contributed by atoms with Gasteiger partial charge in [0.05, 0.1) is 5.52 Å². The summed E-state index contributed by atoms with van der Waals surface area (Å²) in [6.45, 7) is -0.0314. The quantitative estimate of drug-likeness (QED) is 0.505. The summed E-state index contributed by atoms with van der Waals surface area (Å²) in [5.41, 5.74) is 4.14. The number of benzene rings is 3. The second-order valence-electron chi connectivity index (χ2n) is 6.15. The molecule has 0 atom stereocenters. The summed E-state index contributed by atoms with van der Waals surface area (Å²) in [4.78, 5) is 24.1. The van der Waals surface area contributed by atoms with Gasteiger partial charge in [0, 0.05) is 0 Å². The SMILES string of the molecule is O=C(Cn1c(=O)oc2ccccc21)OCc1ccc(-c2ccccc2)cc1. The third kappa shape index (κ3) is 3.67. The minimum atomic E-state index is -0.569. The minimum Gasteiger partial charge on any atom is -0.459 e. The van der Waals surface area contributed by atoms with Crippen LogP contribution in [0.3, 0.4) is 0 Å². The minimum absolute atomic E-state index is 0.151. The lowest BCUT2D eigenvalue weighted by Crippen LogP contribution is -2.21. The van der Waals surface area contributed by atoms with Crippen LogP contribution in [0.2, 0.25) is 0 Å². The van der Waals surface area contributed by atoms with Crippen LogP contribution in [0.1, 0.15) is 5.56 Å². The summed E-state index contributed by atoms with van der Waals surface area (Å²) in [5, 5.41) is 0. The number of fused-ring (bicyclic) bond motifs is 1. The zero-order valence-corrected chi connectivity index (χ0v) is 14.5. The standard InChI is InChI=1S/C22H17NO4/c24-21(14-23-19-8-4-5-9-20(19)27-22(23)25)26-15-16-10-12-18(13-11-16)17-6-2-1-3-7-17/h1-13H,14-15H2. The number of hydrogen-bond acceptors (Lipinski definition) is 4. The van der Waals surface area contributed by atoms with Gasteiger partial charge in [-0.05, 0) is 28.8 Å². The first kappa shape index (κ1) is 16.8. The van der Waals surface area contributed by atoms with Crippen molar-refractivity contribution in [3.63, 3.8) is 0 Å². The van der Waals surface area contributed by atoms with Gasteiger partial charge in [0.15, 0.2) is 5.58 Å². The average molecular weight is 359 g/mol. The number of carbonyl (C=O) groups is 1. The number of esters is 1. The fraction of sp³-hybridized carbons (Fsp3) is 0.0909. The van der Waals surface area contributed by atoms with Crippen LogP contribution in [-0.2, 0) is 22.7 Å². The van der Waals surface area contributed by atoms with E-state index >= 15 is 0 Å². The monoisotopic (exact) mass is 359 g/mol.